The zero-order valence-electron chi connectivity index (χ0n) is 15.3. The highest BCUT2D eigenvalue weighted by Crippen LogP contribution is 2.73. The molecule has 5 atom stereocenters. The van der Waals surface area contributed by atoms with Crippen LogP contribution in [0.4, 0.5) is 0 Å². The van der Waals surface area contributed by atoms with Gasteiger partial charge in [0.2, 0.25) is 0 Å². The molecule has 0 unspecified atom stereocenters. The second-order valence-corrected chi connectivity index (χ2v) is 10.2. The summed E-state index contributed by atoms with van der Waals surface area (Å²) in [6.07, 6.45) is 3.55. The standard InChI is InChI=1S/C20H26O5S/c1-13-3-5-14(6-4-13)26(21,22)25-16-8-9-19(2)15-7-10-20(17(15)18(16)19)23-11-12-24-20/h3-6,15-18H,7-12H2,1-2H3/t15-,16+,17+,18-,19+/m1/s1. The maximum absolute atomic E-state index is 12.8. The minimum absolute atomic E-state index is 0.150. The molecule has 26 heavy (non-hydrogen) atoms. The van der Waals surface area contributed by atoms with Gasteiger partial charge in [-0.1, -0.05) is 24.6 Å². The quantitative estimate of drug-likeness (QED) is 0.756. The first-order valence-corrected chi connectivity index (χ1v) is 11.0. The Morgan fingerprint density at radius 2 is 1.73 bits per heavy atom. The molecule has 3 saturated carbocycles. The minimum Gasteiger partial charge on any atom is -0.347 e. The molecule has 4 fully saturated rings. The zero-order valence-corrected chi connectivity index (χ0v) is 16.1. The molecule has 0 radical (unpaired) electrons. The van der Waals surface area contributed by atoms with Gasteiger partial charge in [-0.15, -0.1) is 0 Å². The molecule has 5 nitrogen and oxygen atoms in total. The number of hydrogen-bond donors (Lipinski definition) is 0. The maximum Gasteiger partial charge on any atom is 0.297 e. The van der Waals surface area contributed by atoms with Gasteiger partial charge in [0.25, 0.3) is 10.1 Å². The molecular weight excluding hydrogens is 352 g/mol. The number of rotatable bonds is 3. The van der Waals surface area contributed by atoms with Crippen molar-refractivity contribution in [2.75, 3.05) is 13.2 Å². The second-order valence-electron chi connectivity index (χ2n) is 8.65. The first-order valence-electron chi connectivity index (χ1n) is 9.64. The normalized spacial score (nSPS) is 40.4. The number of aryl methyl sites for hydroxylation is 1. The smallest absolute Gasteiger partial charge is 0.297 e. The summed E-state index contributed by atoms with van der Waals surface area (Å²) < 4.78 is 43.5. The maximum atomic E-state index is 12.8. The van der Waals surface area contributed by atoms with Crippen LogP contribution in [0.1, 0.15) is 38.2 Å². The van der Waals surface area contributed by atoms with E-state index in [1.807, 2.05) is 6.92 Å². The predicted octanol–water partition coefficient (Wildman–Crippen LogP) is 3.27. The van der Waals surface area contributed by atoms with Crippen LogP contribution in [0.2, 0.25) is 0 Å². The van der Waals surface area contributed by atoms with Gasteiger partial charge < -0.3 is 9.47 Å². The lowest BCUT2D eigenvalue weighted by molar-refractivity contribution is -0.256. The summed E-state index contributed by atoms with van der Waals surface area (Å²) in [6.45, 7) is 5.52. The van der Waals surface area contributed by atoms with E-state index in [0.717, 1.165) is 31.2 Å². The summed E-state index contributed by atoms with van der Waals surface area (Å²) in [5, 5.41) is 0. The Bertz CT molecular complexity index is 811. The van der Waals surface area contributed by atoms with E-state index >= 15 is 0 Å². The molecule has 4 aliphatic rings. The SMILES string of the molecule is Cc1ccc(S(=O)(=O)O[C@H]2CC[C@]3(C)[C@H]2[C@@H]2[C@H]3CCC23OCCO3)cc1. The molecule has 1 aromatic carbocycles. The van der Waals surface area contributed by atoms with Gasteiger partial charge in [-0.2, -0.15) is 8.42 Å². The van der Waals surface area contributed by atoms with Crippen molar-refractivity contribution < 1.29 is 22.1 Å². The lowest BCUT2D eigenvalue weighted by atomic mass is 9.49. The Balaban J connectivity index is 1.41. The average Bonchev–Trinajstić information content (AvgIpc) is 3.25. The van der Waals surface area contributed by atoms with E-state index in [2.05, 4.69) is 6.92 Å². The van der Waals surface area contributed by atoms with Crippen molar-refractivity contribution in [3.63, 3.8) is 0 Å². The van der Waals surface area contributed by atoms with Gasteiger partial charge in [-0.3, -0.25) is 4.18 Å². The van der Waals surface area contributed by atoms with E-state index in [-0.39, 0.29) is 28.3 Å². The van der Waals surface area contributed by atoms with Gasteiger partial charge >= 0.3 is 0 Å². The fraction of sp³-hybridized carbons (Fsp3) is 0.700. The van der Waals surface area contributed by atoms with Crippen molar-refractivity contribution in [3.05, 3.63) is 29.8 Å². The van der Waals surface area contributed by atoms with Gasteiger partial charge in [-0.25, -0.2) is 0 Å². The third-order valence-electron chi connectivity index (χ3n) is 7.44. The highest BCUT2D eigenvalue weighted by atomic mass is 32.2. The molecule has 0 aromatic heterocycles. The van der Waals surface area contributed by atoms with Crippen molar-refractivity contribution in [1.82, 2.24) is 0 Å². The zero-order chi connectivity index (χ0) is 18.2. The fourth-order valence-electron chi connectivity index (χ4n) is 6.29. The van der Waals surface area contributed by atoms with Crippen LogP contribution in [-0.4, -0.2) is 33.5 Å². The van der Waals surface area contributed by atoms with Crippen molar-refractivity contribution >= 4 is 10.1 Å². The average molecular weight is 378 g/mol. The highest BCUT2D eigenvalue weighted by Gasteiger charge is 2.74. The van der Waals surface area contributed by atoms with Crippen LogP contribution in [0.5, 0.6) is 0 Å². The van der Waals surface area contributed by atoms with Crippen molar-refractivity contribution in [3.8, 4) is 0 Å². The molecule has 1 aliphatic heterocycles. The summed E-state index contributed by atoms with van der Waals surface area (Å²) in [7, 11) is -3.76. The van der Waals surface area contributed by atoms with Gasteiger partial charge in [0.1, 0.15) is 0 Å². The van der Waals surface area contributed by atoms with Crippen LogP contribution in [0.3, 0.4) is 0 Å². The van der Waals surface area contributed by atoms with E-state index in [0.29, 0.717) is 19.1 Å². The van der Waals surface area contributed by atoms with Crippen LogP contribution in [0.15, 0.2) is 29.2 Å². The fourth-order valence-corrected chi connectivity index (χ4v) is 7.41. The first-order chi connectivity index (χ1) is 12.4. The highest BCUT2D eigenvalue weighted by molar-refractivity contribution is 7.86. The third kappa shape index (κ3) is 2.22. The second kappa shape index (κ2) is 5.53. The topological polar surface area (TPSA) is 61.8 Å². The Kier molecular flexibility index (Phi) is 3.65. The largest absolute Gasteiger partial charge is 0.347 e. The van der Waals surface area contributed by atoms with Crippen LogP contribution in [-0.2, 0) is 23.8 Å². The predicted molar refractivity (Wildman–Crippen MR) is 94.9 cm³/mol. The lowest BCUT2D eigenvalue weighted by Gasteiger charge is -2.58. The van der Waals surface area contributed by atoms with Gasteiger partial charge in [0.15, 0.2) is 5.79 Å². The molecule has 0 N–H and O–H groups in total. The van der Waals surface area contributed by atoms with Crippen molar-refractivity contribution in [2.24, 2.45) is 23.2 Å². The first kappa shape index (κ1) is 17.2. The molecule has 0 bridgehead atoms. The summed E-state index contributed by atoms with van der Waals surface area (Å²) in [5.74, 6) is 0.513. The molecular formula is C20H26O5S. The third-order valence-corrected chi connectivity index (χ3v) is 8.79. The van der Waals surface area contributed by atoms with Crippen LogP contribution < -0.4 is 0 Å². The molecule has 5 rings (SSSR count). The van der Waals surface area contributed by atoms with Gasteiger partial charge in [0, 0.05) is 18.3 Å². The monoisotopic (exact) mass is 378 g/mol. The van der Waals surface area contributed by atoms with Crippen molar-refractivity contribution in [2.45, 2.75) is 56.3 Å². The number of fused-ring (bicyclic) bond motifs is 5. The summed E-state index contributed by atoms with van der Waals surface area (Å²) in [6, 6.07) is 6.87. The molecule has 0 amide bonds. The molecule has 3 aliphatic carbocycles. The van der Waals surface area contributed by atoms with E-state index < -0.39 is 15.9 Å². The molecule has 1 saturated heterocycles. The van der Waals surface area contributed by atoms with Crippen molar-refractivity contribution in [1.29, 1.82) is 0 Å². The molecule has 142 valence electrons. The number of hydrogen-bond acceptors (Lipinski definition) is 5. The number of ether oxygens (including phenoxy) is 2. The Hall–Kier alpha value is -0.950. The summed E-state index contributed by atoms with van der Waals surface area (Å²) >= 11 is 0. The lowest BCUT2D eigenvalue weighted by Crippen LogP contribution is -2.60. The van der Waals surface area contributed by atoms with Crippen LogP contribution in [0.25, 0.3) is 0 Å². The number of benzene rings is 1. The van der Waals surface area contributed by atoms with E-state index in [1.165, 1.54) is 0 Å². The Labute approximate surface area is 155 Å². The Morgan fingerprint density at radius 3 is 2.42 bits per heavy atom. The molecule has 1 aromatic rings. The van der Waals surface area contributed by atoms with Gasteiger partial charge in [-0.05, 0) is 49.7 Å². The van der Waals surface area contributed by atoms with Crippen LogP contribution in [0, 0.1) is 30.1 Å². The molecule has 1 heterocycles. The van der Waals surface area contributed by atoms with Crippen LogP contribution >= 0.6 is 0 Å². The van der Waals surface area contributed by atoms with E-state index in [1.54, 1.807) is 24.3 Å². The van der Waals surface area contributed by atoms with E-state index in [9.17, 15) is 8.42 Å². The Morgan fingerprint density at radius 1 is 1.04 bits per heavy atom. The van der Waals surface area contributed by atoms with E-state index in [4.69, 9.17) is 13.7 Å². The van der Waals surface area contributed by atoms with Gasteiger partial charge in [0.05, 0.1) is 24.2 Å². The summed E-state index contributed by atoms with van der Waals surface area (Å²) in [4.78, 5) is 0.238. The molecule has 6 heteroatoms. The molecule has 1 spiro atoms. The minimum atomic E-state index is -3.76. The summed E-state index contributed by atoms with van der Waals surface area (Å²) in [5.41, 5.74) is 1.18.